The average molecular weight is 144 g/mol. The Balaban J connectivity index is 2.61. The second kappa shape index (κ2) is 2.46. The highest BCUT2D eigenvalue weighted by molar-refractivity contribution is 5.77. The van der Waals surface area contributed by atoms with Crippen molar-refractivity contribution in [3.8, 4) is 0 Å². The summed E-state index contributed by atoms with van der Waals surface area (Å²) in [4.78, 5) is 12.4. The van der Waals surface area contributed by atoms with Gasteiger partial charge in [0.15, 0.2) is 0 Å². The number of carbonyl (C=O) groups excluding carboxylic acids is 1. The molecule has 0 radical (unpaired) electrons. The molecule has 0 aromatic carbocycles. The zero-order valence-corrected chi connectivity index (χ0v) is 6.16. The molecule has 0 aromatic heterocycles. The third-order valence-corrected chi connectivity index (χ3v) is 2.02. The number of amides is 2. The summed E-state index contributed by atoms with van der Waals surface area (Å²) in [6, 6.07) is -0.110. The minimum atomic E-state index is -0.105. The van der Waals surface area contributed by atoms with Gasteiger partial charge in [0.2, 0.25) is 0 Å². The fraction of sp³-hybridized carbons (Fsp3) is 0.833. The maximum atomic E-state index is 10.9. The van der Waals surface area contributed by atoms with Gasteiger partial charge in [-0.25, -0.2) is 4.79 Å². The summed E-state index contributed by atoms with van der Waals surface area (Å²) < 4.78 is 0. The minimum Gasteiger partial charge on any atom is -0.394 e. The van der Waals surface area contributed by atoms with Crippen molar-refractivity contribution in [2.45, 2.75) is 19.0 Å². The van der Waals surface area contributed by atoms with E-state index in [4.69, 9.17) is 5.11 Å². The van der Waals surface area contributed by atoms with Crippen LogP contribution in [0.15, 0.2) is 0 Å². The van der Waals surface area contributed by atoms with Crippen molar-refractivity contribution in [3.63, 3.8) is 0 Å². The number of nitrogens with one attached hydrogen (secondary N) is 1. The van der Waals surface area contributed by atoms with Gasteiger partial charge in [0.05, 0.1) is 18.7 Å². The zero-order valence-electron chi connectivity index (χ0n) is 6.16. The van der Waals surface area contributed by atoms with Crippen molar-refractivity contribution in [2.24, 2.45) is 0 Å². The van der Waals surface area contributed by atoms with Crippen LogP contribution >= 0.6 is 0 Å². The minimum absolute atomic E-state index is 0.0112. The first-order valence-corrected chi connectivity index (χ1v) is 3.31. The van der Waals surface area contributed by atoms with Crippen LogP contribution in [0.5, 0.6) is 0 Å². The van der Waals surface area contributed by atoms with E-state index >= 15 is 0 Å². The molecule has 2 unspecified atom stereocenters. The first kappa shape index (κ1) is 7.34. The number of rotatable bonds is 1. The normalized spacial score (nSPS) is 32.7. The summed E-state index contributed by atoms with van der Waals surface area (Å²) in [5, 5.41) is 11.4. The van der Waals surface area contributed by atoms with Gasteiger partial charge < -0.3 is 15.3 Å². The van der Waals surface area contributed by atoms with Crippen molar-refractivity contribution in [1.82, 2.24) is 10.2 Å². The van der Waals surface area contributed by atoms with Crippen LogP contribution in [-0.4, -0.2) is 41.8 Å². The fourth-order valence-corrected chi connectivity index (χ4v) is 1.03. The van der Waals surface area contributed by atoms with Gasteiger partial charge in [0.25, 0.3) is 0 Å². The monoisotopic (exact) mass is 144 g/mol. The summed E-state index contributed by atoms with van der Waals surface area (Å²) >= 11 is 0. The molecule has 0 bridgehead atoms. The lowest BCUT2D eigenvalue weighted by Crippen LogP contribution is -2.34. The molecule has 0 aliphatic carbocycles. The van der Waals surface area contributed by atoms with E-state index in [0.717, 1.165) is 0 Å². The SMILES string of the molecule is CC1C(CO)NC(=O)N1C. The van der Waals surface area contributed by atoms with Gasteiger partial charge in [-0.05, 0) is 6.92 Å². The molecule has 0 spiro atoms. The predicted molar refractivity (Wildman–Crippen MR) is 36.6 cm³/mol. The number of likely N-dealkylation sites (N-methyl/N-ethyl adjacent to an activating group) is 1. The second-order valence-electron chi connectivity index (χ2n) is 2.59. The van der Waals surface area contributed by atoms with Crippen molar-refractivity contribution >= 4 is 6.03 Å². The maximum absolute atomic E-state index is 10.9. The average Bonchev–Trinajstić information content (AvgIpc) is 2.17. The molecule has 1 saturated heterocycles. The first-order chi connectivity index (χ1) is 4.66. The van der Waals surface area contributed by atoms with Crippen LogP contribution in [-0.2, 0) is 0 Å². The molecule has 2 N–H and O–H groups in total. The van der Waals surface area contributed by atoms with Gasteiger partial charge in [0, 0.05) is 7.05 Å². The summed E-state index contributed by atoms with van der Waals surface area (Å²) in [6.07, 6.45) is 0. The summed E-state index contributed by atoms with van der Waals surface area (Å²) in [5.74, 6) is 0. The van der Waals surface area contributed by atoms with Crippen molar-refractivity contribution in [3.05, 3.63) is 0 Å². The Labute approximate surface area is 59.8 Å². The van der Waals surface area contributed by atoms with Gasteiger partial charge in [-0.2, -0.15) is 0 Å². The number of hydrogen-bond acceptors (Lipinski definition) is 2. The number of carbonyl (C=O) groups is 1. The fourth-order valence-electron chi connectivity index (χ4n) is 1.03. The highest BCUT2D eigenvalue weighted by atomic mass is 16.3. The quantitative estimate of drug-likeness (QED) is 0.516. The van der Waals surface area contributed by atoms with Crippen LogP contribution in [0.1, 0.15) is 6.92 Å². The molecule has 58 valence electrons. The molecule has 0 aromatic rings. The molecule has 2 atom stereocenters. The molecular weight excluding hydrogens is 132 g/mol. The summed E-state index contributed by atoms with van der Waals surface area (Å²) in [5.41, 5.74) is 0. The first-order valence-electron chi connectivity index (χ1n) is 3.31. The van der Waals surface area contributed by atoms with Crippen LogP contribution in [0, 0.1) is 0 Å². The van der Waals surface area contributed by atoms with Crippen LogP contribution in [0.3, 0.4) is 0 Å². The number of aliphatic hydroxyl groups is 1. The van der Waals surface area contributed by atoms with E-state index in [1.54, 1.807) is 11.9 Å². The maximum Gasteiger partial charge on any atom is 0.317 e. The topological polar surface area (TPSA) is 52.6 Å². The molecule has 4 nitrogen and oxygen atoms in total. The highest BCUT2D eigenvalue weighted by Crippen LogP contribution is 2.09. The molecule has 0 saturated carbocycles. The lowest BCUT2D eigenvalue weighted by molar-refractivity contribution is 0.213. The van der Waals surface area contributed by atoms with Gasteiger partial charge in [-0.15, -0.1) is 0 Å². The third kappa shape index (κ3) is 0.945. The lowest BCUT2D eigenvalue weighted by Gasteiger charge is -2.15. The van der Waals surface area contributed by atoms with Crippen molar-refractivity contribution in [2.75, 3.05) is 13.7 Å². The van der Waals surface area contributed by atoms with E-state index < -0.39 is 0 Å². The van der Waals surface area contributed by atoms with E-state index in [-0.39, 0.29) is 24.7 Å². The zero-order chi connectivity index (χ0) is 7.72. The molecule has 1 aliphatic heterocycles. The van der Waals surface area contributed by atoms with E-state index in [1.165, 1.54) is 0 Å². The molecule has 10 heavy (non-hydrogen) atoms. The Kier molecular flexibility index (Phi) is 1.80. The summed E-state index contributed by atoms with van der Waals surface area (Å²) in [7, 11) is 1.72. The van der Waals surface area contributed by atoms with E-state index in [1.807, 2.05) is 6.92 Å². The van der Waals surface area contributed by atoms with Gasteiger partial charge >= 0.3 is 6.03 Å². The number of hydrogen-bond donors (Lipinski definition) is 2. The van der Waals surface area contributed by atoms with Crippen LogP contribution in [0.2, 0.25) is 0 Å². The largest absolute Gasteiger partial charge is 0.394 e. The van der Waals surface area contributed by atoms with Crippen LogP contribution in [0.4, 0.5) is 4.79 Å². The standard InChI is InChI=1S/C6H12N2O2/c1-4-5(3-9)7-6(10)8(4)2/h4-5,9H,3H2,1-2H3,(H,7,10). The van der Waals surface area contributed by atoms with E-state index in [9.17, 15) is 4.79 Å². The molecule has 1 heterocycles. The number of aliphatic hydroxyl groups excluding tert-OH is 1. The Bertz CT molecular complexity index is 149. The Morgan fingerprint density at radius 2 is 2.40 bits per heavy atom. The lowest BCUT2D eigenvalue weighted by atomic mass is 10.2. The molecular formula is C6H12N2O2. The van der Waals surface area contributed by atoms with Gasteiger partial charge in [-0.3, -0.25) is 0 Å². The second-order valence-corrected chi connectivity index (χ2v) is 2.59. The molecule has 1 fully saturated rings. The number of urea groups is 1. The van der Waals surface area contributed by atoms with E-state index in [0.29, 0.717) is 0 Å². The van der Waals surface area contributed by atoms with Crippen molar-refractivity contribution in [1.29, 1.82) is 0 Å². The Hall–Kier alpha value is -0.770. The van der Waals surface area contributed by atoms with Crippen LogP contribution < -0.4 is 5.32 Å². The van der Waals surface area contributed by atoms with E-state index in [2.05, 4.69) is 5.32 Å². The molecule has 4 heteroatoms. The Morgan fingerprint density at radius 3 is 2.60 bits per heavy atom. The Morgan fingerprint density at radius 1 is 1.80 bits per heavy atom. The third-order valence-electron chi connectivity index (χ3n) is 2.02. The van der Waals surface area contributed by atoms with Gasteiger partial charge in [-0.1, -0.05) is 0 Å². The summed E-state index contributed by atoms with van der Waals surface area (Å²) in [6.45, 7) is 1.91. The van der Waals surface area contributed by atoms with Gasteiger partial charge in [0.1, 0.15) is 0 Å². The highest BCUT2D eigenvalue weighted by Gasteiger charge is 2.32. The molecule has 2 amide bonds. The molecule has 1 aliphatic rings. The smallest absolute Gasteiger partial charge is 0.317 e. The van der Waals surface area contributed by atoms with Crippen LogP contribution in [0.25, 0.3) is 0 Å². The predicted octanol–water partition coefficient (Wildman–Crippen LogP) is -0.609. The number of nitrogens with zero attached hydrogens (tertiary/aromatic N) is 1. The van der Waals surface area contributed by atoms with Crippen molar-refractivity contribution < 1.29 is 9.90 Å². The molecule has 1 rings (SSSR count).